The van der Waals surface area contributed by atoms with Crippen molar-refractivity contribution in [2.24, 2.45) is 0 Å². The van der Waals surface area contributed by atoms with Crippen LogP contribution in [-0.4, -0.2) is 39.1 Å². The van der Waals surface area contributed by atoms with Crippen LogP contribution in [0.1, 0.15) is 25.3 Å². The Morgan fingerprint density at radius 1 is 1.14 bits per heavy atom. The Bertz CT molecular complexity index is 624. The highest BCUT2D eigenvalue weighted by Gasteiger charge is 2.38. The number of hydrogen-bond acceptors (Lipinski definition) is 4. The van der Waals surface area contributed by atoms with Gasteiger partial charge in [0.15, 0.2) is 0 Å². The van der Waals surface area contributed by atoms with Crippen molar-refractivity contribution in [2.45, 2.75) is 19.8 Å². The van der Waals surface area contributed by atoms with Crippen molar-refractivity contribution in [1.29, 1.82) is 0 Å². The van der Waals surface area contributed by atoms with E-state index in [0.717, 1.165) is 0 Å². The molecule has 0 saturated carbocycles. The highest BCUT2D eigenvalue weighted by molar-refractivity contribution is 5.98. The fourth-order valence-electron chi connectivity index (χ4n) is 2.61. The first-order valence-electron chi connectivity index (χ1n) is 6.38. The molecule has 2 rings (SSSR count). The molecule has 6 heteroatoms. The van der Waals surface area contributed by atoms with Gasteiger partial charge in [-0.05, 0) is 25.5 Å². The second-order valence-electron chi connectivity index (χ2n) is 4.89. The van der Waals surface area contributed by atoms with E-state index in [-0.39, 0.29) is 11.1 Å². The zero-order valence-corrected chi connectivity index (χ0v) is 12.0. The molecule has 2 heterocycles. The lowest BCUT2D eigenvalue weighted by Crippen LogP contribution is -2.32. The maximum Gasteiger partial charge on any atom is 0.334 e. The van der Waals surface area contributed by atoms with Crippen molar-refractivity contribution in [1.82, 2.24) is 9.88 Å². The van der Waals surface area contributed by atoms with E-state index >= 15 is 0 Å². The highest BCUT2D eigenvalue weighted by Crippen LogP contribution is 2.40. The maximum absolute atomic E-state index is 11.6. The minimum absolute atomic E-state index is 0.0634. The van der Waals surface area contributed by atoms with Crippen molar-refractivity contribution >= 4 is 11.9 Å². The van der Waals surface area contributed by atoms with Crippen LogP contribution in [0, 0.1) is 0 Å². The Morgan fingerprint density at radius 2 is 1.67 bits per heavy atom. The van der Waals surface area contributed by atoms with Crippen LogP contribution in [-0.2, 0) is 9.59 Å². The number of rotatable bonds is 3. The number of pyridine rings is 1. The van der Waals surface area contributed by atoms with Crippen LogP contribution in [0.15, 0.2) is 47.1 Å². The van der Waals surface area contributed by atoms with Crippen molar-refractivity contribution in [2.75, 3.05) is 7.05 Å². The molecule has 1 aromatic heterocycles. The Labute approximate surface area is 122 Å². The lowest BCUT2D eigenvalue weighted by molar-refractivity contribution is -0.133. The van der Waals surface area contributed by atoms with E-state index in [9.17, 15) is 19.8 Å². The van der Waals surface area contributed by atoms with Crippen LogP contribution >= 0.6 is 0 Å². The molecule has 6 nitrogen and oxygen atoms in total. The lowest BCUT2D eigenvalue weighted by atomic mass is 9.80. The zero-order chi connectivity index (χ0) is 15.7. The van der Waals surface area contributed by atoms with Crippen molar-refractivity contribution < 1.29 is 19.8 Å². The molecule has 21 heavy (non-hydrogen) atoms. The maximum atomic E-state index is 11.6. The van der Waals surface area contributed by atoms with Gasteiger partial charge in [0.2, 0.25) is 0 Å². The quantitative estimate of drug-likeness (QED) is 0.881. The molecular weight excluding hydrogens is 272 g/mol. The highest BCUT2D eigenvalue weighted by atomic mass is 16.4. The van der Waals surface area contributed by atoms with E-state index in [1.807, 2.05) is 0 Å². The minimum Gasteiger partial charge on any atom is -0.478 e. The monoisotopic (exact) mass is 288 g/mol. The molecule has 0 spiro atoms. The first kappa shape index (κ1) is 14.8. The van der Waals surface area contributed by atoms with Gasteiger partial charge in [0.25, 0.3) is 0 Å². The molecule has 0 amide bonds. The molecule has 0 bridgehead atoms. The SMILES string of the molecule is CC1=C(C(=O)O)C(c2cccnc2)C(C(=O)O)=C(C)N1C. The van der Waals surface area contributed by atoms with Crippen molar-refractivity contribution in [3.05, 3.63) is 52.6 Å². The molecule has 1 aromatic rings. The summed E-state index contributed by atoms with van der Waals surface area (Å²) in [5.74, 6) is -3.08. The summed E-state index contributed by atoms with van der Waals surface area (Å²) in [6.45, 7) is 3.35. The van der Waals surface area contributed by atoms with Crippen LogP contribution in [0.2, 0.25) is 0 Å². The molecule has 0 aliphatic carbocycles. The second kappa shape index (κ2) is 5.40. The zero-order valence-electron chi connectivity index (χ0n) is 12.0. The Hall–Kier alpha value is -2.63. The molecule has 0 saturated heterocycles. The van der Waals surface area contributed by atoms with E-state index < -0.39 is 17.9 Å². The molecule has 0 radical (unpaired) electrons. The molecule has 1 aliphatic rings. The molecule has 0 atom stereocenters. The average molecular weight is 288 g/mol. The summed E-state index contributed by atoms with van der Waals surface area (Å²) in [7, 11) is 1.66. The molecule has 2 N–H and O–H groups in total. The molecule has 0 fully saturated rings. The molecule has 0 aromatic carbocycles. The van der Waals surface area contributed by atoms with E-state index in [1.165, 1.54) is 6.20 Å². The van der Waals surface area contributed by atoms with Gasteiger partial charge < -0.3 is 15.1 Å². The van der Waals surface area contributed by atoms with Gasteiger partial charge >= 0.3 is 11.9 Å². The molecular formula is C15H16N2O4. The largest absolute Gasteiger partial charge is 0.478 e. The lowest BCUT2D eigenvalue weighted by Gasteiger charge is -2.34. The van der Waals surface area contributed by atoms with Gasteiger partial charge in [-0.1, -0.05) is 6.07 Å². The number of carboxylic acid groups (broad SMARTS) is 2. The van der Waals surface area contributed by atoms with Gasteiger partial charge in [-0.2, -0.15) is 0 Å². The number of hydrogen-bond donors (Lipinski definition) is 2. The van der Waals surface area contributed by atoms with E-state index in [2.05, 4.69) is 4.98 Å². The van der Waals surface area contributed by atoms with E-state index in [0.29, 0.717) is 17.0 Å². The topological polar surface area (TPSA) is 90.7 Å². The number of allylic oxidation sites excluding steroid dienone is 2. The smallest absolute Gasteiger partial charge is 0.334 e. The van der Waals surface area contributed by atoms with Crippen LogP contribution in [0.4, 0.5) is 0 Å². The Balaban J connectivity index is 2.74. The Morgan fingerprint density at radius 3 is 2.05 bits per heavy atom. The third kappa shape index (κ3) is 2.40. The molecule has 110 valence electrons. The predicted octanol–water partition coefficient (Wildman–Crippen LogP) is 1.83. The number of nitrogens with zero attached hydrogens (tertiary/aromatic N) is 2. The Kier molecular flexibility index (Phi) is 3.80. The number of aromatic nitrogens is 1. The summed E-state index contributed by atoms with van der Waals surface area (Å²) in [5.41, 5.74) is 1.74. The normalized spacial score (nSPS) is 16.4. The summed E-state index contributed by atoms with van der Waals surface area (Å²) in [5, 5.41) is 19.0. The van der Waals surface area contributed by atoms with Gasteiger partial charge in [0.1, 0.15) is 0 Å². The van der Waals surface area contributed by atoms with Crippen LogP contribution in [0.5, 0.6) is 0 Å². The summed E-state index contributed by atoms with van der Waals surface area (Å²) in [6.07, 6.45) is 3.06. The van der Waals surface area contributed by atoms with Gasteiger partial charge in [-0.3, -0.25) is 4.98 Å². The van der Waals surface area contributed by atoms with Crippen LogP contribution < -0.4 is 0 Å². The van der Waals surface area contributed by atoms with Crippen LogP contribution in [0.3, 0.4) is 0 Å². The molecule has 1 aliphatic heterocycles. The molecule has 0 unspecified atom stereocenters. The predicted molar refractivity (Wildman–Crippen MR) is 75.4 cm³/mol. The first-order valence-corrected chi connectivity index (χ1v) is 6.38. The summed E-state index contributed by atoms with van der Waals surface area (Å²) in [6, 6.07) is 3.35. The fourth-order valence-corrected chi connectivity index (χ4v) is 2.61. The summed E-state index contributed by atoms with van der Waals surface area (Å²) >= 11 is 0. The summed E-state index contributed by atoms with van der Waals surface area (Å²) in [4.78, 5) is 28.9. The van der Waals surface area contributed by atoms with Gasteiger partial charge in [-0.25, -0.2) is 9.59 Å². The van der Waals surface area contributed by atoms with Gasteiger partial charge in [0.05, 0.1) is 17.1 Å². The average Bonchev–Trinajstić information content (AvgIpc) is 2.44. The van der Waals surface area contributed by atoms with Crippen LogP contribution in [0.25, 0.3) is 0 Å². The van der Waals surface area contributed by atoms with Crippen molar-refractivity contribution in [3.8, 4) is 0 Å². The van der Waals surface area contributed by atoms with Gasteiger partial charge in [0, 0.05) is 30.8 Å². The third-order valence-electron chi connectivity index (χ3n) is 3.84. The summed E-state index contributed by atoms with van der Waals surface area (Å²) < 4.78 is 0. The third-order valence-corrected chi connectivity index (χ3v) is 3.84. The van der Waals surface area contributed by atoms with Gasteiger partial charge in [-0.15, -0.1) is 0 Å². The number of carbonyl (C=O) groups is 2. The minimum atomic E-state index is -1.13. The number of carboxylic acids is 2. The van der Waals surface area contributed by atoms with E-state index in [1.54, 1.807) is 44.1 Å². The van der Waals surface area contributed by atoms with E-state index in [4.69, 9.17) is 0 Å². The number of aliphatic carboxylic acids is 2. The van der Waals surface area contributed by atoms with Crippen molar-refractivity contribution in [3.63, 3.8) is 0 Å². The standard InChI is InChI=1S/C15H16N2O4/c1-8-11(14(18)19)13(10-5-4-6-16-7-10)12(15(20)21)9(2)17(8)3/h4-7,13H,1-3H3,(H,18,19)(H,20,21). The first-order chi connectivity index (χ1) is 9.86. The fraction of sp³-hybridized carbons (Fsp3) is 0.267. The second-order valence-corrected chi connectivity index (χ2v) is 4.89.